The van der Waals surface area contributed by atoms with Crippen molar-refractivity contribution >= 4 is 21.8 Å². The lowest BCUT2D eigenvalue weighted by atomic mass is 9.48. The van der Waals surface area contributed by atoms with Gasteiger partial charge >= 0.3 is 0 Å². The minimum absolute atomic E-state index is 0.0152. The molecule has 1 aromatic carbocycles. The van der Waals surface area contributed by atoms with Gasteiger partial charge < -0.3 is 14.8 Å². The van der Waals surface area contributed by atoms with Crippen molar-refractivity contribution in [3.63, 3.8) is 0 Å². The van der Waals surface area contributed by atoms with Crippen molar-refractivity contribution in [2.24, 2.45) is 29.1 Å². The van der Waals surface area contributed by atoms with Crippen LogP contribution in [0.1, 0.15) is 83.0 Å². The zero-order chi connectivity index (χ0) is 22.2. The van der Waals surface area contributed by atoms with Crippen LogP contribution in [0, 0.1) is 29.1 Å². The fraction of sp³-hybridized carbons (Fsp3) is 0.731. The summed E-state index contributed by atoms with van der Waals surface area (Å²) in [6, 6.07) is 3.90. The Hall–Kier alpha value is -1.23. The average molecular weight is 492 g/mol. The Labute approximate surface area is 196 Å². The van der Waals surface area contributed by atoms with Gasteiger partial charge in [-0.25, -0.2) is 0 Å². The van der Waals surface area contributed by atoms with Gasteiger partial charge in [-0.1, -0.05) is 13.8 Å². The summed E-state index contributed by atoms with van der Waals surface area (Å²) < 4.78 is 12.6. The highest BCUT2D eigenvalue weighted by Crippen LogP contribution is 2.61. The second-order valence-electron chi connectivity index (χ2n) is 10.7. The first-order chi connectivity index (χ1) is 14.8. The van der Waals surface area contributed by atoms with Crippen LogP contribution in [0.3, 0.4) is 0 Å². The molecule has 4 aliphatic rings. The summed E-state index contributed by atoms with van der Waals surface area (Å²) in [6.07, 6.45) is 9.10. The van der Waals surface area contributed by atoms with Crippen molar-refractivity contribution in [1.29, 1.82) is 0 Å². The molecule has 0 aliphatic heterocycles. The Balaban J connectivity index is 1.47. The van der Waals surface area contributed by atoms with Gasteiger partial charge in [0, 0.05) is 11.6 Å². The SMILES string of the molecule is CCOc1cc(C(=O)N[C@@H](C)C23CC4CC(CC(C4)C2)C3)cc(Br)c1OCCC(C)C. The number of carbonyl (C=O) groups is 1. The first-order valence-corrected chi connectivity index (χ1v) is 13.0. The molecule has 5 rings (SSSR count). The lowest BCUT2D eigenvalue weighted by molar-refractivity contribution is -0.0688. The van der Waals surface area contributed by atoms with E-state index in [1.165, 1.54) is 38.5 Å². The van der Waals surface area contributed by atoms with Crippen LogP contribution in [0.5, 0.6) is 11.5 Å². The number of carbonyl (C=O) groups excluding carboxylic acids is 1. The standard InChI is InChI=1S/C26H38BrNO3/c1-5-30-23-12-21(11-22(27)24(23)31-7-6-16(2)3)25(29)28-17(4)26-13-18-8-19(14-26)10-20(9-18)15-26/h11-12,16-20H,5-10,13-15H2,1-4H3,(H,28,29)/t17-,18?,19?,20?,26?/m0/s1. The van der Waals surface area contributed by atoms with Crippen LogP contribution in [0.2, 0.25) is 0 Å². The number of ether oxygens (including phenoxy) is 2. The number of halogens is 1. The van der Waals surface area contributed by atoms with E-state index in [4.69, 9.17) is 9.47 Å². The summed E-state index contributed by atoms with van der Waals surface area (Å²) in [5.74, 6) is 4.52. The van der Waals surface area contributed by atoms with Crippen LogP contribution in [-0.2, 0) is 0 Å². The zero-order valence-electron chi connectivity index (χ0n) is 19.5. The largest absolute Gasteiger partial charge is 0.490 e. The van der Waals surface area contributed by atoms with Gasteiger partial charge in [0.2, 0.25) is 0 Å². The van der Waals surface area contributed by atoms with E-state index in [2.05, 4.69) is 42.0 Å². The highest BCUT2D eigenvalue weighted by Gasteiger charge is 2.53. The number of benzene rings is 1. The third-order valence-corrected chi connectivity index (χ3v) is 8.45. The zero-order valence-corrected chi connectivity index (χ0v) is 21.1. The molecule has 0 saturated heterocycles. The van der Waals surface area contributed by atoms with Crippen molar-refractivity contribution in [3.05, 3.63) is 22.2 Å². The minimum Gasteiger partial charge on any atom is -0.490 e. The van der Waals surface area contributed by atoms with Crippen molar-refractivity contribution in [3.8, 4) is 11.5 Å². The van der Waals surface area contributed by atoms with Crippen molar-refractivity contribution in [2.45, 2.75) is 78.7 Å². The van der Waals surface area contributed by atoms with Gasteiger partial charge in [-0.3, -0.25) is 4.79 Å². The maximum absolute atomic E-state index is 13.2. The Kier molecular flexibility index (Phi) is 6.90. The van der Waals surface area contributed by atoms with Crippen LogP contribution >= 0.6 is 15.9 Å². The maximum Gasteiger partial charge on any atom is 0.251 e. The van der Waals surface area contributed by atoms with E-state index < -0.39 is 0 Å². The molecule has 172 valence electrons. The summed E-state index contributed by atoms with van der Waals surface area (Å²) >= 11 is 3.62. The summed E-state index contributed by atoms with van der Waals surface area (Å²) in [6.45, 7) is 9.70. The average Bonchev–Trinajstić information content (AvgIpc) is 2.68. The molecular weight excluding hydrogens is 454 g/mol. The third-order valence-electron chi connectivity index (χ3n) is 7.86. The van der Waals surface area contributed by atoms with E-state index >= 15 is 0 Å². The molecular formula is C26H38BrNO3. The molecule has 0 radical (unpaired) electrons. The van der Waals surface area contributed by atoms with E-state index in [-0.39, 0.29) is 11.9 Å². The molecule has 1 N–H and O–H groups in total. The van der Waals surface area contributed by atoms with E-state index in [0.717, 1.165) is 28.6 Å². The van der Waals surface area contributed by atoms with Crippen LogP contribution in [0.25, 0.3) is 0 Å². The van der Waals surface area contributed by atoms with Gasteiger partial charge in [0.1, 0.15) is 0 Å². The Morgan fingerprint density at radius 2 is 1.71 bits per heavy atom. The van der Waals surface area contributed by atoms with Crippen LogP contribution < -0.4 is 14.8 Å². The lowest BCUT2D eigenvalue weighted by Gasteiger charge is -2.59. The Bertz CT molecular complexity index is 771. The second kappa shape index (κ2) is 9.33. The summed E-state index contributed by atoms with van der Waals surface area (Å²) in [4.78, 5) is 13.2. The quantitative estimate of drug-likeness (QED) is 0.422. The van der Waals surface area contributed by atoms with Gasteiger partial charge in [0.05, 0.1) is 17.7 Å². The molecule has 4 fully saturated rings. The van der Waals surface area contributed by atoms with Gasteiger partial charge in [-0.05, 0) is 116 Å². The molecule has 4 nitrogen and oxygen atoms in total. The first-order valence-electron chi connectivity index (χ1n) is 12.2. The van der Waals surface area contributed by atoms with E-state index in [1.807, 2.05) is 19.1 Å². The molecule has 1 aromatic rings. The monoisotopic (exact) mass is 491 g/mol. The molecule has 31 heavy (non-hydrogen) atoms. The lowest BCUT2D eigenvalue weighted by Crippen LogP contribution is -2.55. The normalized spacial score (nSPS) is 29.8. The van der Waals surface area contributed by atoms with E-state index in [9.17, 15) is 4.79 Å². The van der Waals surface area contributed by atoms with Gasteiger partial charge in [0.25, 0.3) is 5.91 Å². The molecule has 5 heteroatoms. The maximum atomic E-state index is 13.2. The second-order valence-corrected chi connectivity index (χ2v) is 11.6. The van der Waals surface area contributed by atoms with Crippen molar-refractivity contribution in [2.75, 3.05) is 13.2 Å². The molecule has 0 heterocycles. The van der Waals surface area contributed by atoms with Crippen molar-refractivity contribution in [1.82, 2.24) is 5.32 Å². The molecule has 4 saturated carbocycles. The molecule has 1 atom stereocenters. The number of amides is 1. The summed E-state index contributed by atoms with van der Waals surface area (Å²) in [5, 5.41) is 3.37. The number of hydrogen-bond donors (Lipinski definition) is 1. The highest BCUT2D eigenvalue weighted by atomic mass is 79.9. The van der Waals surface area contributed by atoms with Gasteiger partial charge in [-0.2, -0.15) is 0 Å². The number of rotatable bonds is 9. The van der Waals surface area contributed by atoms with Crippen LogP contribution in [0.15, 0.2) is 16.6 Å². The smallest absolute Gasteiger partial charge is 0.251 e. The van der Waals surface area contributed by atoms with Crippen LogP contribution in [-0.4, -0.2) is 25.2 Å². The molecule has 4 aliphatic carbocycles. The summed E-state index contributed by atoms with van der Waals surface area (Å²) in [7, 11) is 0. The summed E-state index contributed by atoms with van der Waals surface area (Å²) in [5.41, 5.74) is 0.924. The van der Waals surface area contributed by atoms with E-state index in [0.29, 0.717) is 41.6 Å². The van der Waals surface area contributed by atoms with Crippen LogP contribution in [0.4, 0.5) is 0 Å². The minimum atomic E-state index is -0.0152. The predicted octanol–water partition coefficient (Wildman–Crippen LogP) is 6.61. The van der Waals surface area contributed by atoms with E-state index in [1.54, 1.807) is 0 Å². The fourth-order valence-electron chi connectivity index (χ4n) is 6.64. The van der Waals surface area contributed by atoms with Gasteiger partial charge in [-0.15, -0.1) is 0 Å². The fourth-order valence-corrected chi connectivity index (χ4v) is 7.20. The van der Waals surface area contributed by atoms with Gasteiger partial charge in [0.15, 0.2) is 11.5 Å². The molecule has 0 aromatic heterocycles. The molecule has 4 bridgehead atoms. The molecule has 0 spiro atoms. The first kappa shape index (κ1) is 22.9. The molecule has 1 amide bonds. The molecule has 0 unspecified atom stereocenters. The number of hydrogen-bond acceptors (Lipinski definition) is 3. The highest BCUT2D eigenvalue weighted by molar-refractivity contribution is 9.10. The topological polar surface area (TPSA) is 47.6 Å². The van der Waals surface area contributed by atoms with Crippen molar-refractivity contribution < 1.29 is 14.3 Å². The Morgan fingerprint density at radius 3 is 2.26 bits per heavy atom. The number of nitrogens with one attached hydrogen (secondary N) is 1. The predicted molar refractivity (Wildman–Crippen MR) is 128 cm³/mol. The Morgan fingerprint density at radius 1 is 1.10 bits per heavy atom. The third kappa shape index (κ3) is 4.91.